The minimum absolute atomic E-state index is 0.103. The highest BCUT2D eigenvalue weighted by Crippen LogP contribution is 2.26. The van der Waals surface area contributed by atoms with Crippen LogP contribution in [0.5, 0.6) is 0 Å². The third-order valence-electron chi connectivity index (χ3n) is 4.17. The average Bonchev–Trinajstić information content (AvgIpc) is 2.48. The van der Waals surface area contributed by atoms with Crippen molar-refractivity contribution in [2.75, 3.05) is 18.0 Å². The summed E-state index contributed by atoms with van der Waals surface area (Å²) in [4.78, 5) is 2.21. The van der Waals surface area contributed by atoms with Crippen LogP contribution in [0.3, 0.4) is 0 Å². The number of hydrogen-bond acceptors (Lipinski definition) is 2. The highest BCUT2D eigenvalue weighted by molar-refractivity contribution is 5.50. The summed E-state index contributed by atoms with van der Waals surface area (Å²) in [5.41, 5.74) is 1.75. The second-order valence-corrected chi connectivity index (χ2v) is 5.79. The smallest absolute Gasteiger partial charge is 0.146 e. The Bertz CT molecular complexity index is 420. The van der Waals surface area contributed by atoms with E-state index in [9.17, 15) is 4.39 Å². The molecule has 0 amide bonds. The molecule has 0 saturated heterocycles. The first-order chi connectivity index (χ1) is 10.0. The Morgan fingerprint density at radius 1 is 1.19 bits per heavy atom. The van der Waals surface area contributed by atoms with E-state index in [0.29, 0.717) is 6.04 Å². The lowest BCUT2D eigenvalue weighted by Crippen LogP contribution is -2.34. The van der Waals surface area contributed by atoms with Gasteiger partial charge >= 0.3 is 0 Å². The quantitative estimate of drug-likeness (QED) is 0.697. The van der Waals surface area contributed by atoms with E-state index in [0.717, 1.165) is 43.6 Å². The molecule has 2 unspecified atom stereocenters. The van der Waals surface area contributed by atoms with Crippen LogP contribution in [0.4, 0.5) is 10.1 Å². The molecule has 0 aliphatic heterocycles. The fourth-order valence-electron chi connectivity index (χ4n) is 2.58. The van der Waals surface area contributed by atoms with Gasteiger partial charge in [-0.25, -0.2) is 4.39 Å². The fraction of sp³-hybridized carbons (Fsp3) is 0.667. The summed E-state index contributed by atoms with van der Waals surface area (Å²) in [5, 5.41) is 3.33. The Kier molecular flexibility index (Phi) is 7.73. The van der Waals surface area contributed by atoms with Gasteiger partial charge in [0.25, 0.3) is 0 Å². The van der Waals surface area contributed by atoms with Crippen molar-refractivity contribution >= 4 is 5.69 Å². The summed E-state index contributed by atoms with van der Waals surface area (Å²) in [7, 11) is 0. The molecule has 0 bridgehead atoms. The van der Waals surface area contributed by atoms with Crippen molar-refractivity contribution in [3.05, 3.63) is 29.6 Å². The van der Waals surface area contributed by atoms with Crippen molar-refractivity contribution in [1.82, 2.24) is 5.32 Å². The van der Waals surface area contributed by atoms with Gasteiger partial charge in [0.1, 0.15) is 5.82 Å². The van der Waals surface area contributed by atoms with E-state index in [1.54, 1.807) is 6.07 Å². The largest absolute Gasteiger partial charge is 0.366 e. The molecule has 0 saturated carbocycles. The molecule has 3 heteroatoms. The summed E-state index contributed by atoms with van der Waals surface area (Å²) in [5.74, 6) is -0.103. The SMILES string of the molecule is CCCCN(c1ccc(C(C)NCC)cc1F)C(C)CC. The molecule has 0 spiro atoms. The summed E-state index contributed by atoms with van der Waals surface area (Å²) in [6, 6.07) is 6.23. The first-order valence-corrected chi connectivity index (χ1v) is 8.34. The topological polar surface area (TPSA) is 15.3 Å². The molecule has 0 radical (unpaired) electrons. The molecular formula is C18H31FN2. The molecule has 0 aliphatic rings. The lowest BCUT2D eigenvalue weighted by molar-refractivity contribution is 0.556. The summed E-state index contributed by atoms with van der Waals surface area (Å²) in [6.07, 6.45) is 3.25. The fourth-order valence-corrected chi connectivity index (χ4v) is 2.58. The summed E-state index contributed by atoms with van der Waals surface area (Å²) in [6.45, 7) is 12.4. The maximum atomic E-state index is 14.6. The van der Waals surface area contributed by atoms with Crippen LogP contribution >= 0.6 is 0 Å². The van der Waals surface area contributed by atoms with Gasteiger partial charge in [0, 0.05) is 18.6 Å². The third kappa shape index (κ3) is 4.99. The molecule has 0 aliphatic carbocycles. The van der Waals surface area contributed by atoms with E-state index in [1.807, 2.05) is 12.1 Å². The van der Waals surface area contributed by atoms with Crippen molar-refractivity contribution in [3.8, 4) is 0 Å². The Morgan fingerprint density at radius 2 is 1.90 bits per heavy atom. The standard InChI is InChI=1S/C18H31FN2/c1-6-9-12-21(14(4)7-2)18-11-10-16(13-17(18)19)15(5)20-8-3/h10-11,13-15,20H,6-9,12H2,1-5H3. The van der Waals surface area contributed by atoms with Gasteiger partial charge in [-0.1, -0.05) is 33.3 Å². The molecule has 0 aromatic heterocycles. The van der Waals surface area contributed by atoms with E-state index in [2.05, 4.69) is 44.8 Å². The highest BCUT2D eigenvalue weighted by atomic mass is 19.1. The third-order valence-corrected chi connectivity index (χ3v) is 4.17. The summed E-state index contributed by atoms with van der Waals surface area (Å²) >= 11 is 0. The van der Waals surface area contributed by atoms with Crippen molar-refractivity contribution in [3.63, 3.8) is 0 Å². The summed E-state index contributed by atoms with van der Waals surface area (Å²) < 4.78 is 14.6. The molecular weight excluding hydrogens is 263 g/mol. The minimum Gasteiger partial charge on any atom is -0.366 e. The number of anilines is 1. The second-order valence-electron chi connectivity index (χ2n) is 5.79. The number of unbranched alkanes of at least 4 members (excludes halogenated alkanes) is 1. The maximum absolute atomic E-state index is 14.6. The normalized spacial score (nSPS) is 14.0. The van der Waals surface area contributed by atoms with Gasteiger partial charge in [-0.2, -0.15) is 0 Å². The first kappa shape index (κ1) is 18.0. The van der Waals surface area contributed by atoms with Gasteiger partial charge in [-0.3, -0.25) is 0 Å². The molecule has 120 valence electrons. The van der Waals surface area contributed by atoms with Crippen molar-refractivity contribution in [2.24, 2.45) is 0 Å². The zero-order valence-corrected chi connectivity index (χ0v) is 14.2. The second kappa shape index (κ2) is 9.04. The van der Waals surface area contributed by atoms with Crippen molar-refractivity contribution in [1.29, 1.82) is 0 Å². The molecule has 1 rings (SSSR count). The lowest BCUT2D eigenvalue weighted by Gasteiger charge is -2.31. The Labute approximate surface area is 129 Å². The average molecular weight is 294 g/mol. The van der Waals surface area contributed by atoms with Crippen LogP contribution in [-0.4, -0.2) is 19.1 Å². The van der Waals surface area contributed by atoms with Crippen LogP contribution in [0.1, 0.15) is 65.5 Å². The van der Waals surface area contributed by atoms with Crippen LogP contribution in [0.25, 0.3) is 0 Å². The Hall–Kier alpha value is -1.09. The van der Waals surface area contributed by atoms with Gasteiger partial charge in [-0.15, -0.1) is 0 Å². The van der Waals surface area contributed by atoms with Crippen molar-refractivity contribution in [2.45, 2.75) is 66.0 Å². The van der Waals surface area contributed by atoms with E-state index < -0.39 is 0 Å². The molecule has 1 N–H and O–H groups in total. The van der Waals surface area contributed by atoms with E-state index in [4.69, 9.17) is 0 Å². The van der Waals surface area contributed by atoms with Crippen LogP contribution in [0, 0.1) is 5.82 Å². The van der Waals surface area contributed by atoms with Gasteiger partial charge < -0.3 is 10.2 Å². The van der Waals surface area contributed by atoms with Crippen LogP contribution in [0.2, 0.25) is 0 Å². The predicted octanol–water partition coefficient (Wildman–Crippen LogP) is 4.90. The van der Waals surface area contributed by atoms with Gasteiger partial charge in [0.2, 0.25) is 0 Å². The van der Waals surface area contributed by atoms with E-state index in [-0.39, 0.29) is 11.9 Å². The Balaban J connectivity index is 2.98. The molecule has 2 nitrogen and oxygen atoms in total. The minimum atomic E-state index is -0.103. The Morgan fingerprint density at radius 3 is 2.43 bits per heavy atom. The number of rotatable bonds is 9. The number of nitrogens with zero attached hydrogens (tertiary/aromatic N) is 1. The molecule has 0 heterocycles. The maximum Gasteiger partial charge on any atom is 0.146 e. The monoisotopic (exact) mass is 294 g/mol. The van der Waals surface area contributed by atoms with Gasteiger partial charge in [-0.05, 0) is 50.9 Å². The zero-order chi connectivity index (χ0) is 15.8. The molecule has 1 aromatic rings. The first-order valence-electron chi connectivity index (χ1n) is 8.34. The molecule has 1 aromatic carbocycles. The number of hydrogen-bond donors (Lipinski definition) is 1. The molecule has 0 fully saturated rings. The van der Waals surface area contributed by atoms with Crippen LogP contribution in [0.15, 0.2) is 18.2 Å². The lowest BCUT2D eigenvalue weighted by atomic mass is 10.1. The van der Waals surface area contributed by atoms with Crippen LogP contribution < -0.4 is 10.2 Å². The highest BCUT2D eigenvalue weighted by Gasteiger charge is 2.17. The van der Waals surface area contributed by atoms with E-state index >= 15 is 0 Å². The predicted molar refractivity (Wildman–Crippen MR) is 90.5 cm³/mol. The number of halogens is 1. The molecule has 21 heavy (non-hydrogen) atoms. The number of nitrogens with one attached hydrogen (secondary N) is 1. The van der Waals surface area contributed by atoms with Crippen LogP contribution in [-0.2, 0) is 0 Å². The zero-order valence-electron chi connectivity index (χ0n) is 14.2. The number of benzene rings is 1. The van der Waals surface area contributed by atoms with Gasteiger partial charge in [0.05, 0.1) is 5.69 Å². The van der Waals surface area contributed by atoms with E-state index in [1.165, 1.54) is 0 Å². The van der Waals surface area contributed by atoms with Crippen molar-refractivity contribution < 1.29 is 4.39 Å². The van der Waals surface area contributed by atoms with Gasteiger partial charge in [0.15, 0.2) is 0 Å². The molecule has 2 atom stereocenters.